The molecule has 1 amide bonds. The van der Waals surface area contributed by atoms with Crippen LogP contribution in [0.1, 0.15) is 55.1 Å². The summed E-state index contributed by atoms with van der Waals surface area (Å²) < 4.78 is 7.40. The molecule has 0 spiro atoms. The van der Waals surface area contributed by atoms with Gasteiger partial charge in [0.25, 0.3) is 5.91 Å². The van der Waals surface area contributed by atoms with E-state index in [-0.39, 0.29) is 31.2 Å². The van der Waals surface area contributed by atoms with Gasteiger partial charge in [-0.05, 0) is 25.7 Å². The van der Waals surface area contributed by atoms with E-state index in [4.69, 9.17) is 4.74 Å². The maximum absolute atomic E-state index is 13.8. The molecule has 0 radical (unpaired) electrons. The van der Waals surface area contributed by atoms with E-state index in [1.54, 1.807) is 13.4 Å². The van der Waals surface area contributed by atoms with E-state index in [1.807, 2.05) is 39.8 Å². The minimum absolute atomic E-state index is 0.0206. The molecule has 1 aliphatic carbocycles. The van der Waals surface area contributed by atoms with Crippen LogP contribution in [0.5, 0.6) is 0 Å². The Labute approximate surface area is 195 Å². The zero-order valence-electron chi connectivity index (χ0n) is 19.4. The average molecular weight is 457 g/mol. The Hall–Kier alpha value is -2.26. The van der Waals surface area contributed by atoms with Gasteiger partial charge in [0.1, 0.15) is 5.60 Å². The Morgan fingerprint density at radius 3 is 2.88 bits per heavy atom. The van der Waals surface area contributed by atoms with E-state index in [1.165, 1.54) is 0 Å². The molecule has 4 rings (SSSR count). The van der Waals surface area contributed by atoms with Crippen molar-refractivity contribution >= 4 is 5.91 Å². The molecule has 33 heavy (non-hydrogen) atoms. The maximum atomic E-state index is 13.8. The molecule has 1 aliphatic heterocycles. The second-order valence-corrected chi connectivity index (χ2v) is 9.24. The van der Waals surface area contributed by atoms with Gasteiger partial charge >= 0.3 is 0 Å². The number of carbonyl (C=O) groups excluding carboxylic acids is 1. The fourth-order valence-electron chi connectivity index (χ4n) is 5.41. The van der Waals surface area contributed by atoms with Crippen LogP contribution in [0.4, 0.5) is 0 Å². The van der Waals surface area contributed by atoms with Gasteiger partial charge in [-0.15, -0.1) is 0 Å². The zero-order chi connectivity index (χ0) is 23.3. The van der Waals surface area contributed by atoms with Crippen LogP contribution in [-0.2, 0) is 4.74 Å². The number of hydrogen-bond acceptors (Lipinski definition) is 6. The SMILES string of the molecule is COC[C@]1(O)CCCC[C@H]1n1cnc(C(=O)N2CCNC[C@H]2CCCO)c1-c1ccccc1. The van der Waals surface area contributed by atoms with Crippen molar-refractivity contribution in [3.05, 3.63) is 42.4 Å². The Balaban J connectivity index is 1.75. The van der Waals surface area contributed by atoms with Gasteiger partial charge in [0.15, 0.2) is 5.69 Å². The number of rotatable bonds is 8. The molecule has 2 fully saturated rings. The standard InChI is InChI=1S/C25H36N4O4/c1-33-17-25(32)12-6-5-11-21(25)29-18-27-22(23(29)19-8-3-2-4-9-19)24(31)28-14-13-26-16-20(28)10-7-15-30/h2-4,8-9,18,20-21,26,30,32H,5-7,10-17H2,1H3/t20-,21-,25-/m1/s1. The number of imidazole rings is 1. The highest BCUT2D eigenvalue weighted by Gasteiger charge is 2.42. The Bertz CT molecular complexity index is 914. The lowest BCUT2D eigenvalue weighted by molar-refractivity contribution is -0.0893. The fraction of sp³-hybridized carbons (Fsp3) is 0.600. The fourth-order valence-corrected chi connectivity index (χ4v) is 5.41. The summed E-state index contributed by atoms with van der Waals surface area (Å²) in [7, 11) is 1.61. The largest absolute Gasteiger partial charge is 0.396 e. The van der Waals surface area contributed by atoms with Crippen molar-refractivity contribution in [1.82, 2.24) is 19.8 Å². The molecule has 1 aromatic heterocycles. The van der Waals surface area contributed by atoms with Crippen molar-refractivity contribution in [2.24, 2.45) is 0 Å². The summed E-state index contributed by atoms with van der Waals surface area (Å²) in [5, 5.41) is 24.1. The van der Waals surface area contributed by atoms with Gasteiger partial charge < -0.3 is 29.7 Å². The topological polar surface area (TPSA) is 99.8 Å². The van der Waals surface area contributed by atoms with Crippen molar-refractivity contribution in [2.75, 3.05) is 40.0 Å². The number of hydrogen-bond donors (Lipinski definition) is 3. The summed E-state index contributed by atoms with van der Waals surface area (Å²) >= 11 is 0. The van der Waals surface area contributed by atoms with E-state index < -0.39 is 5.60 Å². The number of aliphatic hydroxyl groups excluding tert-OH is 1. The summed E-state index contributed by atoms with van der Waals surface area (Å²) in [5.74, 6) is -0.0943. The number of aromatic nitrogens is 2. The van der Waals surface area contributed by atoms with Gasteiger partial charge in [-0.1, -0.05) is 43.2 Å². The Morgan fingerprint density at radius 2 is 2.12 bits per heavy atom. The van der Waals surface area contributed by atoms with Crippen molar-refractivity contribution < 1.29 is 19.7 Å². The summed E-state index contributed by atoms with van der Waals surface area (Å²) in [6.07, 6.45) is 6.53. The first-order valence-corrected chi connectivity index (χ1v) is 12.0. The zero-order valence-corrected chi connectivity index (χ0v) is 19.4. The van der Waals surface area contributed by atoms with Crippen molar-refractivity contribution in [3.8, 4) is 11.3 Å². The van der Waals surface area contributed by atoms with Crippen LogP contribution in [-0.4, -0.2) is 82.2 Å². The number of ether oxygens (including phenoxy) is 1. The van der Waals surface area contributed by atoms with Crippen molar-refractivity contribution in [2.45, 2.75) is 56.2 Å². The van der Waals surface area contributed by atoms with Gasteiger partial charge in [0.05, 0.1) is 24.7 Å². The maximum Gasteiger partial charge on any atom is 0.275 e. The summed E-state index contributed by atoms with van der Waals surface area (Å²) in [4.78, 5) is 20.4. The predicted octanol–water partition coefficient (Wildman–Crippen LogP) is 2.23. The molecule has 3 atom stereocenters. The van der Waals surface area contributed by atoms with E-state index >= 15 is 0 Å². The number of carbonyl (C=O) groups is 1. The first kappa shape index (κ1) is 23.9. The first-order valence-electron chi connectivity index (χ1n) is 12.0. The molecule has 8 heteroatoms. The van der Waals surface area contributed by atoms with Gasteiger partial charge in [0.2, 0.25) is 0 Å². The molecule has 1 saturated carbocycles. The number of amides is 1. The first-order chi connectivity index (χ1) is 16.1. The highest BCUT2D eigenvalue weighted by atomic mass is 16.5. The lowest BCUT2D eigenvalue weighted by Crippen LogP contribution is -2.53. The molecule has 0 bridgehead atoms. The van der Waals surface area contributed by atoms with Crippen LogP contribution in [0.2, 0.25) is 0 Å². The van der Waals surface area contributed by atoms with Crippen LogP contribution in [0, 0.1) is 0 Å². The van der Waals surface area contributed by atoms with Gasteiger partial charge in [-0.3, -0.25) is 4.79 Å². The minimum Gasteiger partial charge on any atom is -0.396 e. The monoisotopic (exact) mass is 456 g/mol. The molecule has 8 nitrogen and oxygen atoms in total. The van der Waals surface area contributed by atoms with E-state index in [0.717, 1.165) is 43.5 Å². The highest BCUT2D eigenvalue weighted by Crippen LogP contribution is 2.41. The third kappa shape index (κ3) is 4.99. The lowest BCUT2D eigenvalue weighted by Gasteiger charge is -2.41. The molecule has 3 N–H and O–H groups in total. The molecule has 1 aromatic carbocycles. The molecular formula is C25H36N4O4. The summed E-state index contributed by atoms with van der Waals surface area (Å²) in [5.41, 5.74) is 1.07. The molecule has 2 aliphatic rings. The third-order valence-corrected chi connectivity index (χ3v) is 7.04. The van der Waals surface area contributed by atoms with E-state index in [9.17, 15) is 15.0 Å². The van der Waals surface area contributed by atoms with Crippen molar-refractivity contribution in [1.29, 1.82) is 0 Å². The molecule has 2 aromatic rings. The van der Waals surface area contributed by atoms with E-state index in [0.29, 0.717) is 31.6 Å². The quantitative estimate of drug-likeness (QED) is 0.563. The number of methoxy groups -OCH3 is 1. The van der Waals surface area contributed by atoms with Gasteiger partial charge in [-0.2, -0.15) is 0 Å². The number of nitrogens with zero attached hydrogens (tertiary/aromatic N) is 3. The van der Waals surface area contributed by atoms with Crippen LogP contribution >= 0.6 is 0 Å². The van der Waals surface area contributed by atoms with Crippen LogP contribution in [0.15, 0.2) is 36.7 Å². The molecular weight excluding hydrogens is 420 g/mol. The van der Waals surface area contributed by atoms with Crippen LogP contribution in [0.25, 0.3) is 11.3 Å². The predicted molar refractivity (Wildman–Crippen MR) is 126 cm³/mol. The number of benzene rings is 1. The second kappa shape index (κ2) is 10.8. The number of aliphatic hydroxyl groups is 2. The van der Waals surface area contributed by atoms with Crippen LogP contribution < -0.4 is 5.32 Å². The third-order valence-electron chi connectivity index (χ3n) is 7.04. The van der Waals surface area contributed by atoms with Gasteiger partial charge in [-0.25, -0.2) is 4.98 Å². The van der Waals surface area contributed by atoms with E-state index in [2.05, 4.69) is 10.3 Å². The summed E-state index contributed by atoms with van der Waals surface area (Å²) in [6.45, 7) is 2.41. The number of nitrogens with one attached hydrogen (secondary N) is 1. The lowest BCUT2D eigenvalue weighted by atomic mass is 9.80. The molecule has 1 saturated heterocycles. The normalized spacial score (nSPS) is 25.8. The van der Waals surface area contributed by atoms with Crippen molar-refractivity contribution in [3.63, 3.8) is 0 Å². The molecule has 180 valence electrons. The Morgan fingerprint density at radius 1 is 1.30 bits per heavy atom. The highest BCUT2D eigenvalue weighted by molar-refractivity contribution is 5.98. The second-order valence-electron chi connectivity index (χ2n) is 9.24. The molecule has 0 unspecified atom stereocenters. The summed E-state index contributed by atoms with van der Waals surface area (Å²) in [6, 6.07) is 9.65. The Kier molecular flexibility index (Phi) is 7.80. The van der Waals surface area contributed by atoms with Gasteiger partial charge in [0, 0.05) is 45.0 Å². The average Bonchev–Trinajstić information content (AvgIpc) is 3.28. The number of piperazine rings is 1. The molecule has 2 heterocycles. The smallest absolute Gasteiger partial charge is 0.275 e. The van der Waals surface area contributed by atoms with Crippen LogP contribution in [0.3, 0.4) is 0 Å². The minimum atomic E-state index is -1.00.